The molecule has 0 bridgehead atoms. The Balaban J connectivity index is 1.96. The van der Waals surface area contributed by atoms with Gasteiger partial charge in [0.15, 0.2) is 4.32 Å². The van der Waals surface area contributed by atoms with Crippen molar-refractivity contribution in [1.82, 2.24) is 5.48 Å². The van der Waals surface area contributed by atoms with Gasteiger partial charge in [-0.2, -0.15) is 0 Å². The molecule has 4 nitrogen and oxygen atoms in total. The minimum Gasteiger partial charge on any atom is -0.480 e. The van der Waals surface area contributed by atoms with Crippen molar-refractivity contribution >= 4 is 45.9 Å². The molecule has 0 amide bonds. The molecule has 2 N–H and O–H groups in total. The number of nitrogens with one attached hydrogen (secondary N) is 1. The summed E-state index contributed by atoms with van der Waals surface area (Å²) in [5.41, 5.74) is 5.64. The predicted molar refractivity (Wildman–Crippen MR) is 112 cm³/mol. The zero-order valence-electron chi connectivity index (χ0n) is 14.3. The van der Waals surface area contributed by atoms with Crippen LogP contribution in [0, 0.1) is 0 Å². The average molecular weight is 410 g/mol. The lowest BCUT2D eigenvalue weighted by atomic mass is 10.0. The molecule has 0 aromatic heterocycles. The van der Waals surface area contributed by atoms with E-state index in [4.69, 9.17) is 28.7 Å². The number of thioether (sulfide) groups is 1. The summed E-state index contributed by atoms with van der Waals surface area (Å²) in [6.45, 7) is 2.28. The van der Waals surface area contributed by atoms with Gasteiger partial charge in [0.05, 0.1) is 6.61 Å². The van der Waals surface area contributed by atoms with Gasteiger partial charge < -0.3 is 5.11 Å². The lowest BCUT2D eigenvalue weighted by Gasteiger charge is -2.13. The van der Waals surface area contributed by atoms with E-state index in [-0.39, 0.29) is 0 Å². The van der Waals surface area contributed by atoms with Crippen molar-refractivity contribution in [3.8, 4) is 11.1 Å². The van der Waals surface area contributed by atoms with Crippen LogP contribution in [0.3, 0.4) is 0 Å². The van der Waals surface area contributed by atoms with Gasteiger partial charge in [0.1, 0.15) is 5.25 Å². The summed E-state index contributed by atoms with van der Waals surface area (Å²) in [6, 6.07) is 15.7. The second-order valence-corrected chi connectivity index (χ2v) is 7.77. The Morgan fingerprint density at radius 2 is 1.96 bits per heavy atom. The van der Waals surface area contributed by atoms with Crippen LogP contribution < -0.4 is 5.48 Å². The second-order valence-electron chi connectivity index (χ2n) is 5.48. The van der Waals surface area contributed by atoms with Crippen molar-refractivity contribution in [1.29, 1.82) is 0 Å². The number of thiocarbonyl (C=S) groups is 1. The van der Waals surface area contributed by atoms with Gasteiger partial charge in [0, 0.05) is 10.6 Å². The zero-order chi connectivity index (χ0) is 18.9. The first kappa shape index (κ1) is 20.7. The van der Waals surface area contributed by atoms with Gasteiger partial charge in [0.2, 0.25) is 0 Å². The maximum atomic E-state index is 11.4. The first-order chi connectivity index (χ1) is 12.5. The van der Waals surface area contributed by atoms with Crippen molar-refractivity contribution in [2.24, 2.45) is 0 Å². The topological polar surface area (TPSA) is 58.6 Å². The molecular weight excluding hydrogens is 390 g/mol. The van der Waals surface area contributed by atoms with Crippen molar-refractivity contribution in [3.63, 3.8) is 0 Å². The average Bonchev–Trinajstić information content (AvgIpc) is 2.64. The molecule has 2 rings (SSSR count). The summed E-state index contributed by atoms with van der Waals surface area (Å²) in [7, 11) is 0. The van der Waals surface area contributed by atoms with E-state index in [9.17, 15) is 9.90 Å². The number of rotatable bonds is 8. The highest BCUT2D eigenvalue weighted by Crippen LogP contribution is 2.28. The van der Waals surface area contributed by atoms with Crippen LogP contribution in [0.5, 0.6) is 0 Å². The van der Waals surface area contributed by atoms with Crippen molar-refractivity contribution < 1.29 is 14.7 Å². The maximum Gasteiger partial charge on any atom is 0.317 e. The zero-order valence-corrected chi connectivity index (χ0v) is 16.7. The molecule has 0 aliphatic rings. The van der Waals surface area contributed by atoms with Crippen LogP contribution in [0.15, 0.2) is 48.5 Å². The van der Waals surface area contributed by atoms with Crippen LogP contribution in [0.2, 0.25) is 5.02 Å². The molecular formula is C19H20ClNO3S2. The normalized spacial score (nSPS) is 11.8. The molecule has 1 atom stereocenters. The van der Waals surface area contributed by atoms with Crippen LogP contribution in [0.25, 0.3) is 11.1 Å². The summed E-state index contributed by atoms with van der Waals surface area (Å²) in [5, 5.41) is 9.47. The monoisotopic (exact) mass is 409 g/mol. The van der Waals surface area contributed by atoms with Crippen molar-refractivity contribution in [2.45, 2.75) is 25.0 Å². The lowest BCUT2D eigenvalue weighted by Crippen LogP contribution is -2.25. The SMILES string of the molecule is CCONC(=S)SC(CCc1ccc(-c2ccccc2Cl)cc1)C(=O)O. The number of hydrogen-bond donors (Lipinski definition) is 2. The first-order valence-corrected chi connectivity index (χ1v) is 9.83. The van der Waals surface area contributed by atoms with Crippen molar-refractivity contribution in [3.05, 3.63) is 59.1 Å². The molecule has 0 saturated heterocycles. The number of hydroxylamine groups is 1. The summed E-state index contributed by atoms with van der Waals surface area (Å²) < 4.78 is 0.327. The van der Waals surface area contributed by atoms with Gasteiger partial charge >= 0.3 is 5.97 Å². The van der Waals surface area contributed by atoms with E-state index in [0.29, 0.717) is 28.8 Å². The molecule has 0 spiro atoms. The highest BCUT2D eigenvalue weighted by Gasteiger charge is 2.20. The van der Waals surface area contributed by atoms with Crippen molar-refractivity contribution in [2.75, 3.05) is 6.61 Å². The second kappa shape index (κ2) is 10.5. The third kappa shape index (κ3) is 6.29. The van der Waals surface area contributed by atoms with Gasteiger partial charge in [-0.05, 0) is 37.0 Å². The number of aliphatic carboxylic acids is 1. The van der Waals surface area contributed by atoms with Crippen LogP contribution in [-0.4, -0.2) is 27.3 Å². The van der Waals surface area contributed by atoms with Crippen LogP contribution in [0.1, 0.15) is 18.9 Å². The molecule has 2 aromatic carbocycles. The highest BCUT2D eigenvalue weighted by molar-refractivity contribution is 8.23. The smallest absolute Gasteiger partial charge is 0.317 e. The molecule has 0 aliphatic carbocycles. The van der Waals surface area contributed by atoms with E-state index in [1.54, 1.807) is 0 Å². The van der Waals surface area contributed by atoms with Gasteiger partial charge in [0.25, 0.3) is 0 Å². The Kier molecular flexibility index (Phi) is 8.38. The Hall–Kier alpha value is -1.60. The van der Waals surface area contributed by atoms with Crippen LogP contribution in [-0.2, 0) is 16.1 Å². The van der Waals surface area contributed by atoms with Crippen LogP contribution >= 0.6 is 35.6 Å². The minimum atomic E-state index is -0.886. The Bertz CT molecular complexity index is 753. The van der Waals surface area contributed by atoms with Gasteiger partial charge in [-0.15, -0.1) is 0 Å². The molecule has 0 aliphatic heterocycles. The van der Waals surface area contributed by atoms with Gasteiger partial charge in [-0.3, -0.25) is 15.1 Å². The molecule has 0 radical (unpaired) electrons. The Morgan fingerprint density at radius 1 is 1.27 bits per heavy atom. The van der Waals surface area contributed by atoms with E-state index in [0.717, 1.165) is 28.5 Å². The Morgan fingerprint density at radius 3 is 2.58 bits per heavy atom. The number of hydrogen-bond acceptors (Lipinski definition) is 4. The van der Waals surface area contributed by atoms with Gasteiger partial charge in [-0.25, -0.2) is 0 Å². The fourth-order valence-corrected chi connectivity index (χ4v) is 3.72. The third-order valence-corrected chi connectivity index (χ3v) is 5.38. The molecule has 2 aromatic rings. The number of halogens is 1. The fourth-order valence-electron chi connectivity index (χ4n) is 2.36. The summed E-state index contributed by atoms with van der Waals surface area (Å²) in [5.74, 6) is -0.886. The van der Waals surface area contributed by atoms with E-state index >= 15 is 0 Å². The van der Waals surface area contributed by atoms with E-state index in [2.05, 4.69) is 5.48 Å². The van der Waals surface area contributed by atoms with E-state index in [1.165, 1.54) is 0 Å². The maximum absolute atomic E-state index is 11.4. The quantitative estimate of drug-likeness (QED) is 0.475. The van der Waals surface area contributed by atoms with E-state index in [1.807, 2.05) is 55.5 Å². The molecule has 7 heteroatoms. The number of benzene rings is 2. The molecule has 1 unspecified atom stereocenters. The number of carboxylic acids is 1. The van der Waals surface area contributed by atoms with Crippen LogP contribution in [0.4, 0.5) is 0 Å². The molecule has 0 heterocycles. The standard InChI is InChI=1S/C19H20ClNO3S2/c1-2-24-21-19(25)26-17(18(22)23)12-9-13-7-10-14(11-8-13)15-5-3-4-6-16(15)20/h3-8,10-11,17H,2,9,12H2,1H3,(H,21,25)(H,22,23). The number of aryl methyl sites for hydroxylation is 1. The summed E-state index contributed by atoms with van der Waals surface area (Å²) in [4.78, 5) is 16.4. The molecule has 0 saturated carbocycles. The highest BCUT2D eigenvalue weighted by atomic mass is 35.5. The lowest BCUT2D eigenvalue weighted by molar-refractivity contribution is -0.136. The largest absolute Gasteiger partial charge is 0.480 e. The molecule has 0 fully saturated rings. The summed E-state index contributed by atoms with van der Waals surface area (Å²) >= 11 is 12.4. The molecule has 26 heavy (non-hydrogen) atoms. The minimum absolute atomic E-state index is 0.327. The number of carbonyl (C=O) groups is 1. The van der Waals surface area contributed by atoms with E-state index < -0.39 is 11.2 Å². The third-order valence-electron chi connectivity index (χ3n) is 3.66. The Labute approximate surface area is 167 Å². The number of carboxylic acid groups (broad SMARTS) is 1. The van der Waals surface area contributed by atoms with Gasteiger partial charge in [-0.1, -0.05) is 78.0 Å². The fraction of sp³-hybridized carbons (Fsp3) is 0.263. The summed E-state index contributed by atoms with van der Waals surface area (Å²) in [6.07, 6.45) is 1.11. The predicted octanol–water partition coefficient (Wildman–Crippen LogP) is 4.95. The molecule has 138 valence electrons. The first-order valence-electron chi connectivity index (χ1n) is 8.16.